The maximum Gasteiger partial charge on any atom is 0.174 e. The van der Waals surface area contributed by atoms with E-state index >= 15 is 0 Å². The molecule has 0 bridgehead atoms. The summed E-state index contributed by atoms with van der Waals surface area (Å²) in [7, 11) is 1.62. The first-order chi connectivity index (χ1) is 10.7. The van der Waals surface area contributed by atoms with Crippen LogP contribution < -0.4 is 4.74 Å². The van der Waals surface area contributed by atoms with Crippen LogP contribution in [0.5, 0.6) is 5.75 Å². The van der Waals surface area contributed by atoms with Crippen LogP contribution in [0, 0.1) is 0 Å². The van der Waals surface area contributed by atoms with Crippen molar-refractivity contribution in [2.24, 2.45) is 4.99 Å². The van der Waals surface area contributed by atoms with Gasteiger partial charge < -0.3 is 14.6 Å². The SMILES string of the molecule is COc1ccc(C=NCC(O)OCc2ccc(Cl)cc2)cc1. The van der Waals surface area contributed by atoms with Crippen LogP contribution in [0.15, 0.2) is 53.5 Å². The van der Waals surface area contributed by atoms with Crippen LogP contribution in [0.2, 0.25) is 5.02 Å². The van der Waals surface area contributed by atoms with Gasteiger partial charge in [0.15, 0.2) is 6.29 Å². The fourth-order valence-corrected chi connectivity index (χ4v) is 1.89. The van der Waals surface area contributed by atoms with Gasteiger partial charge in [-0.05, 0) is 47.5 Å². The lowest BCUT2D eigenvalue weighted by Crippen LogP contribution is -2.15. The van der Waals surface area contributed by atoms with Gasteiger partial charge in [-0.1, -0.05) is 23.7 Å². The number of rotatable bonds is 7. The smallest absolute Gasteiger partial charge is 0.174 e. The zero-order valence-corrected chi connectivity index (χ0v) is 13.0. The van der Waals surface area contributed by atoms with Crippen molar-refractivity contribution in [3.05, 3.63) is 64.7 Å². The number of nitrogens with zero attached hydrogens (tertiary/aromatic N) is 1. The van der Waals surface area contributed by atoms with E-state index < -0.39 is 6.29 Å². The second-order valence-electron chi connectivity index (χ2n) is 4.66. The topological polar surface area (TPSA) is 51.0 Å². The number of aliphatic hydroxyl groups excluding tert-OH is 1. The summed E-state index contributed by atoms with van der Waals surface area (Å²) in [5.74, 6) is 0.795. The van der Waals surface area contributed by atoms with Crippen molar-refractivity contribution in [3.8, 4) is 5.75 Å². The largest absolute Gasteiger partial charge is 0.497 e. The van der Waals surface area contributed by atoms with E-state index in [9.17, 15) is 5.11 Å². The fourth-order valence-electron chi connectivity index (χ4n) is 1.76. The number of benzene rings is 2. The minimum Gasteiger partial charge on any atom is -0.497 e. The van der Waals surface area contributed by atoms with Crippen LogP contribution in [0.25, 0.3) is 0 Å². The molecule has 2 rings (SSSR count). The molecular formula is C17H18ClNO3. The van der Waals surface area contributed by atoms with Gasteiger partial charge in [0.25, 0.3) is 0 Å². The Hall–Kier alpha value is -1.88. The van der Waals surface area contributed by atoms with Crippen LogP contribution in [-0.2, 0) is 11.3 Å². The van der Waals surface area contributed by atoms with Crippen molar-refractivity contribution in [1.82, 2.24) is 0 Å². The molecule has 1 N–H and O–H groups in total. The maximum atomic E-state index is 9.74. The summed E-state index contributed by atoms with van der Waals surface area (Å²) >= 11 is 5.80. The Morgan fingerprint density at radius 2 is 1.82 bits per heavy atom. The molecule has 0 aromatic heterocycles. The Labute approximate surface area is 135 Å². The van der Waals surface area contributed by atoms with Gasteiger partial charge in [0.2, 0.25) is 0 Å². The Balaban J connectivity index is 1.75. The average Bonchev–Trinajstić information content (AvgIpc) is 2.55. The van der Waals surface area contributed by atoms with Crippen molar-refractivity contribution in [2.45, 2.75) is 12.9 Å². The Bertz CT molecular complexity index is 596. The third-order valence-electron chi connectivity index (χ3n) is 2.97. The summed E-state index contributed by atoms with van der Waals surface area (Å²) in [6.07, 6.45) is 0.749. The van der Waals surface area contributed by atoms with Crippen molar-refractivity contribution >= 4 is 17.8 Å². The van der Waals surface area contributed by atoms with Crippen LogP contribution in [0.4, 0.5) is 0 Å². The first kappa shape index (κ1) is 16.5. The predicted molar refractivity (Wildman–Crippen MR) is 87.7 cm³/mol. The molecule has 22 heavy (non-hydrogen) atoms. The van der Waals surface area contributed by atoms with E-state index in [0.717, 1.165) is 16.9 Å². The van der Waals surface area contributed by atoms with Crippen LogP contribution in [0.3, 0.4) is 0 Å². The minimum atomic E-state index is -0.940. The fraction of sp³-hybridized carbons (Fsp3) is 0.235. The minimum absolute atomic E-state index is 0.180. The third kappa shape index (κ3) is 5.48. The van der Waals surface area contributed by atoms with Gasteiger partial charge in [0.05, 0.1) is 20.3 Å². The summed E-state index contributed by atoms with van der Waals surface area (Å²) in [4.78, 5) is 4.16. The molecule has 5 heteroatoms. The summed E-state index contributed by atoms with van der Waals surface area (Å²) in [6, 6.07) is 14.8. The molecule has 0 fully saturated rings. The molecule has 2 aromatic rings. The molecule has 0 spiro atoms. The molecule has 0 aliphatic carbocycles. The maximum absolute atomic E-state index is 9.74. The number of halogens is 1. The van der Waals surface area contributed by atoms with Crippen molar-refractivity contribution in [1.29, 1.82) is 0 Å². The lowest BCUT2D eigenvalue weighted by atomic mass is 10.2. The summed E-state index contributed by atoms with van der Waals surface area (Å²) in [6.45, 7) is 0.496. The lowest BCUT2D eigenvalue weighted by molar-refractivity contribution is -0.0996. The highest BCUT2D eigenvalue weighted by Gasteiger charge is 2.03. The molecule has 0 radical (unpaired) electrons. The number of ether oxygens (including phenoxy) is 2. The van der Waals surface area contributed by atoms with E-state index in [1.807, 2.05) is 36.4 Å². The normalized spacial score (nSPS) is 12.5. The summed E-state index contributed by atoms with van der Waals surface area (Å²) in [5.41, 5.74) is 1.88. The van der Waals surface area contributed by atoms with E-state index in [2.05, 4.69) is 4.99 Å². The zero-order valence-electron chi connectivity index (χ0n) is 12.3. The van der Waals surface area contributed by atoms with E-state index in [-0.39, 0.29) is 6.54 Å². The van der Waals surface area contributed by atoms with E-state index in [1.165, 1.54) is 0 Å². The van der Waals surface area contributed by atoms with Crippen molar-refractivity contribution < 1.29 is 14.6 Å². The molecule has 1 unspecified atom stereocenters. The van der Waals surface area contributed by atoms with E-state index in [0.29, 0.717) is 11.6 Å². The highest BCUT2D eigenvalue weighted by molar-refractivity contribution is 6.30. The van der Waals surface area contributed by atoms with Gasteiger partial charge in [0.1, 0.15) is 5.75 Å². The zero-order chi connectivity index (χ0) is 15.8. The molecular weight excluding hydrogens is 302 g/mol. The number of aliphatic imine (C=N–C) groups is 1. The number of aliphatic hydroxyl groups is 1. The van der Waals surface area contributed by atoms with Gasteiger partial charge in [-0.15, -0.1) is 0 Å². The highest BCUT2D eigenvalue weighted by atomic mass is 35.5. The Kier molecular flexibility index (Phi) is 6.40. The third-order valence-corrected chi connectivity index (χ3v) is 3.23. The van der Waals surface area contributed by atoms with Crippen LogP contribution in [-0.4, -0.2) is 31.3 Å². The summed E-state index contributed by atoms with van der Waals surface area (Å²) in [5, 5.41) is 10.4. The first-order valence-corrected chi connectivity index (χ1v) is 7.23. The molecule has 0 aliphatic rings. The molecule has 4 nitrogen and oxygen atoms in total. The predicted octanol–water partition coefficient (Wildman–Crippen LogP) is 3.30. The number of hydrogen-bond donors (Lipinski definition) is 1. The Morgan fingerprint density at radius 3 is 2.45 bits per heavy atom. The number of hydrogen-bond acceptors (Lipinski definition) is 4. The molecule has 116 valence electrons. The van der Waals surface area contributed by atoms with Crippen LogP contribution >= 0.6 is 11.6 Å². The highest BCUT2D eigenvalue weighted by Crippen LogP contribution is 2.11. The van der Waals surface area contributed by atoms with Gasteiger partial charge in [-0.2, -0.15) is 0 Å². The first-order valence-electron chi connectivity index (χ1n) is 6.85. The summed E-state index contributed by atoms with van der Waals surface area (Å²) < 4.78 is 10.4. The van der Waals surface area contributed by atoms with Crippen molar-refractivity contribution in [2.75, 3.05) is 13.7 Å². The van der Waals surface area contributed by atoms with Gasteiger partial charge in [0, 0.05) is 11.2 Å². The Morgan fingerprint density at radius 1 is 1.14 bits per heavy atom. The average molecular weight is 320 g/mol. The molecule has 2 aromatic carbocycles. The number of methoxy groups -OCH3 is 1. The molecule has 0 heterocycles. The van der Waals surface area contributed by atoms with E-state index in [4.69, 9.17) is 21.1 Å². The van der Waals surface area contributed by atoms with Gasteiger partial charge in [-0.3, -0.25) is 4.99 Å². The second kappa shape index (κ2) is 8.54. The lowest BCUT2D eigenvalue weighted by Gasteiger charge is -2.09. The molecule has 0 saturated carbocycles. The quantitative estimate of drug-likeness (QED) is 0.629. The van der Waals surface area contributed by atoms with Gasteiger partial charge in [-0.25, -0.2) is 0 Å². The monoisotopic (exact) mass is 319 g/mol. The van der Waals surface area contributed by atoms with Crippen LogP contribution in [0.1, 0.15) is 11.1 Å². The molecule has 0 saturated heterocycles. The standard InChI is InChI=1S/C17H18ClNO3/c1-21-16-8-4-13(5-9-16)10-19-11-17(20)22-12-14-2-6-15(18)7-3-14/h2-10,17,20H,11-12H2,1H3. The molecule has 0 amide bonds. The van der Waals surface area contributed by atoms with Crippen molar-refractivity contribution in [3.63, 3.8) is 0 Å². The van der Waals surface area contributed by atoms with E-state index in [1.54, 1.807) is 25.5 Å². The van der Waals surface area contributed by atoms with Gasteiger partial charge >= 0.3 is 0 Å². The molecule has 0 aliphatic heterocycles. The second-order valence-corrected chi connectivity index (χ2v) is 5.10. The molecule has 1 atom stereocenters.